The molecule has 1 atom stereocenters. The average molecular weight is 315 g/mol. The largest absolute Gasteiger partial charge is 0.398 e. The molecule has 0 fully saturated rings. The summed E-state index contributed by atoms with van der Waals surface area (Å²) in [6.07, 6.45) is 6.44. The normalized spacial score (nSPS) is 19.6. The molecule has 0 aromatic heterocycles. The van der Waals surface area contributed by atoms with Gasteiger partial charge in [0.05, 0.1) is 0 Å². The van der Waals surface area contributed by atoms with Gasteiger partial charge in [0.25, 0.3) is 0 Å². The molecule has 0 saturated heterocycles. The minimum atomic E-state index is -0.00667. The predicted octanol–water partition coefficient (Wildman–Crippen LogP) is 4.04. The zero-order chi connectivity index (χ0) is 13.5. The van der Waals surface area contributed by atoms with Crippen LogP contribution in [-0.4, -0.2) is 6.04 Å². The van der Waals surface area contributed by atoms with Crippen LogP contribution in [0.1, 0.15) is 30.5 Å². The molecule has 112 valence electrons. The molecule has 1 aliphatic carbocycles. The molecule has 0 heterocycles. The molecule has 2 rings (SSSR count). The number of rotatable bonds is 1. The molecule has 4 N–H and O–H groups in total. The molecule has 1 unspecified atom stereocenters. The molecule has 0 aliphatic heterocycles. The first-order valence-corrected chi connectivity index (χ1v) is 6.35. The van der Waals surface area contributed by atoms with E-state index in [0.29, 0.717) is 0 Å². The van der Waals surface area contributed by atoms with Crippen molar-refractivity contribution in [1.29, 1.82) is 0 Å². The van der Waals surface area contributed by atoms with Crippen LogP contribution in [0.2, 0.25) is 0 Å². The molecule has 0 spiro atoms. The van der Waals surface area contributed by atoms with Crippen LogP contribution in [0.5, 0.6) is 0 Å². The maximum Gasteiger partial charge on any atom is 0.0373 e. The summed E-state index contributed by atoms with van der Waals surface area (Å²) in [6, 6.07) is 4.37. The lowest BCUT2D eigenvalue weighted by atomic mass is 9.78. The summed E-state index contributed by atoms with van der Waals surface area (Å²) in [6.45, 7) is 8.43. The maximum atomic E-state index is 6.09. The Morgan fingerprint density at radius 3 is 2.00 bits per heavy atom. The van der Waals surface area contributed by atoms with Gasteiger partial charge in [-0.15, -0.1) is 24.8 Å². The van der Waals surface area contributed by atoms with Gasteiger partial charge in [-0.05, 0) is 48.2 Å². The van der Waals surface area contributed by atoms with Gasteiger partial charge >= 0.3 is 0 Å². The quantitative estimate of drug-likeness (QED) is 0.769. The van der Waals surface area contributed by atoms with Crippen LogP contribution >= 0.6 is 24.8 Å². The van der Waals surface area contributed by atoms with Gasteiger partial charge in [-0.25, -0.2) is 0 Å². The molecule has 0 radical (unpaired) electrons. The first-order chi connectivity index (χ1) is 8.31. The summed E-state index contributed by atoms with van der Waals surface area (Å²) < 4.78 is 0. The summed E-state index contributed by atoms with van der Waals surface area (Å²) >= 11 is 0. The van der Waals surface area contributed by atoms with E-state index in [1.54, 1.807) is 0 Å². The summed E-state index contributed by atoms with van der Waals surface area (Å²) in [5.74, 6) is 0. The monoisotopic (exact) mass is 314 g/mol. The first kappa shape index (κ1) is 19.0. The van der Waals surface area contributed by atoms with E-state index in [1.165, 1.54) is 11.1 Å². The van der Waals surface area contributed by atoms with Crippen molar-refractivity contribution in [2.45, 2.75) is 33.7 Å². The third-order valence-corrected chi connectivity index (χ3v) is 3.80. The summed E-state index contributed by atoms with van der Waals surface area (Å²) in [7, 11) is 0. The molecular formula is C16H24Cl2N2. The number of halogens is 2. The van der Waals surface area contributed by atoms with Gasteiger partial charge in [0.2, 0.25) is 0 Å². The average Bonchev–Trinajstić information content (AvgIpc) is 2.29. The van der Waals surface area contributed by atoms with Crippen molar-refractivity contribution in [3.8, 4) is 0 Å². The zero-order valence-electron chi connectivity index (χ0n) is 12.4. The molecule has 0 saturated carbocycles. The molecule has 1 aromatic carbocycles. The highest BCUT2D eigenvalue weighted by atomic mass is 35.5. The van der Waals surface area contributed by atoms with Gasteiger partial charge in [-0.3, -0.25) is 0 Å². The van der Waals surface area contributed by atoms with E-state index >= 15 is 0 Å². The van der Waals surface area contributed by atoms with Crippen LogP contribution in [0.25, 0.3) is 5.57 Å². The van der Waals surface area contributed by atoms with Crippen molar-refractivity contribution < 1.29 is 0 Å². The number of benzene rings is 1. The van der Waals surface area contributed by atoms with Gasteiger partial charge in [0.1, 0.15) is 0 Å². The minimum absolute atomic E-state index is 0. The maximum absolute atomic E-state index is 6.09. The first-order valence-electron chi connectivity index (χ1n) is 6.35. The van der Waals surface area contributed by atoms with Crippen LogP contribution in [0.3, 0.4) is 0 Å². The van der Waals surface area contributed by atoms with E-state index in [-0.39, 0.29) is 36.3 Å². The lowest BCUT2D eigenvalue weighted by Crippen LogP contribution is -2.35. The Hall–Kier alpha value is -0.960. The van der Waals surface area contributed by atoms with E-state index in [0.717, 1.165) is 16.8 Å². The Morgan fingerprint density at radius 2 is 1.55 bits per heavy atom. The minimum Gasteiger partial charge on any atom is -0.398 e. The Bertz CT molecular complexity index is 522. The molecule has 0 bridgehead atoms. The lowest BCUT2D eigenvalue weighted by molar-refractivity contribution is 0.422. The number of nitrogens with two attached hydrogens (primary N) is 2. The highest BCUT2D eigenvalue weighted by Crippen LogP contribution is 2.34. The number of anilines is 1. The van der Waals surface area contributed by atoms with Gasteiger partial charge in [0.15, 0.2) is 0 Å². The highest BCUT2D eigenvalue weighted by Gasteiger charge is 2.25. The standard InChI is InChI=1S/C16H22N2.2ClH/c1-10-7-13(8-11(2)15(10)18)12-5-6-14(17)16(3,4)9-12;;/h5-9,14H,17-18H2,1-4H3;2*1H. The van der Waals surface area contributed by atoms with Crippen LogP contribution < -0.4 is 11.5 Å². The van der Waals surface area contributed by atoms with Crippen molar-refractivity contribution in [2.75, 3.05) is 5.73 Å². The molecule has 4 heteroatoms. The van der Waals surface area contributed by atoms with Crippen molar-refractivity contribution in [3.05, 3.63) is 47.1 Å². The number of hydrogen-bond donors (Lipinski definition) is 2. The number of allylic oxidation sites excluding steroid dienone is 2. The summed E-state index contributed by atoms with van der Waals surface area (Å²) in [5.41, 5.74) is 17.7. The molecular weight excluding hydrogens is 291 g/mol. The van der Waals surface area contributed by atoms with Gasteiger partial charge in [-0.2, -0.15) is 0 Å². The topological polar surface area (TPSA) is 52.0 Å². The smallest absolute Gasteiger partial charge is 0.0373 e. The fourth-order valence-electron chi connectivity index (χ4n) is 2.32. The lowest BCUT2D eigenvalue weighted by Gasteiger charge is -2.30. The number of aryl methyl sites for hydroxylation is 2. The SMILES string of the molecule is Cc1cc(C2=CC(C)(C)C(N)C=C2)cc(C)c1N.Cl.Cl. The predicted molar refractivity (Wildman–Crippen MR) is 93.7 cm³/mol. The Balaban J connectivity index is 0.00000180. The zero-order valence-corrected chi connectivity index (χ0v) is 14.1. The van der Waals surface area contributed by atoms with Crippen molar-refractivity contribution >= 4 is 36.1 Å². The third kappa shape index (κ3) is 3.57. The van der Waals surface area contributed by atoms with Crippen molar-refractivity contribution in [2.24, 2.45) is 11.1 Å². The van der Waals surface area contributed by atoms with Crippen LogP contribution in [0.15, 0.2) is 30.4 Å². The fourth-order valence-corrected chi connectivity index (χ4v) is 2.32. The van der Waals surface area contributed by atoms with E-state index in [1.807, 2.05) is 0 Å². The molecule has 1 aliphatic rings. The molecule has 20 heavy (non-hydrogen) atoms. The van der Waals surface area contributed by atoms with E-state index in [2.05, 4.69) is 58.1 Å². The Kier molecular flexibility index (Phi) is 6.34. The Labute approximate surface area is 134 Å². The fraction of sp³-hybridized carbons (Fsp3) is 0.375. The van der Waals surface area contributed by atoms with Gasteiger partial charge < -0.3 is 11.5 Å². The Morgan fingerprint density at radius 1 is 1.05 bits per heavy atom. The van der Waals surface area contributed by atoms with Gasteiger partial charge in [0, 0.05) is 17.1 Å². The van der Waals surface area contributed by atoms with E-state index in [9.17, 15) is 0 Å². The van der Waals surface area contributed by atoms with Crippen LogP contribution in [0, 0.1) is 19.3 Å². The van der Waals surface area contributed by atoms with Crippen LogP contribution in [0.4, 0.5) is 5.69 Å². The summed E-state index contributed by atoms with van der Waals surface area (Å²) in [5, 5.41) is 0. The van der Waals surface area contributed by atoms with Crippen molar-refractivity contribution in [3.63, 3.8) is 0 Å². The second-order valence-electron chi connectivity index (χ2n) is 5.83. The van der Waals surface area contributed by atoms with Crippen LogP contribution in [-0.2, 0) is 0 Å². The second kappa shape index (κ2) is 6.66. The van der Waals surface area contributed by atoms with Gasteiger partial charge in [-0.1, -0.05) is 32.1 Å². The second-order valence-corrected chi connectivity index (χ2v) is 5.83. The highest BCUT2D eigenvalue weighted by molar-refractivity contribution is 5.85. The van der Waals surface area contributed by atoms with E-state index < -0.39 is 0 Å². The van der Waals surface area contributed by atoms with Crippen molar-refractivity contribution in [1.82, 2.24) is 0 Å². The molecule has 2 nitrogen and oxygen atoms in total. The van der Waals surface area contributed by atoms with E-state index in [4.69, 9.17) is 11.5 Å². The molecule has 0 amide bonds. The summed E-state index contributed by atoms with van der Waals surface area (Å²) in [4.78, 5) is 0. The number of hydrogen-bond acceptors (Lipinski definition) is 2. The number of nitrogen functional groups attached to an aromatic ring is 1. The third-order valence-electron chi connectivity index (χ3n) is 3.80. The molecule has 1 aromatic rings.